The Kier molecular flexibility index (Phi) is 14.5. The van der Waals surface area contributed by atoms with Crippen LogP contribution in [-0.4, -0.2) is 65.7 Å². The number of piperidine rings is 1. The molecule has 1 aliphatic heterocycles. The average molecular weight is 680 g/mol. The van der Waals surface area contributed by atoms with E-state index in [1.807, 2.05) is 77.1 Å². The summed E-state index contributed by atoms with van der Waals surface area (Å²) in [6.07, 6.45) is 3.40. The highest BCUT2D eigenvalue weighted by Gasteiger charge is 2.28. The Balaban J connectivity index is 1.58. The third-order valence-corrected chi connectivity index (χ3v) is 8.36. The Labute approximate surface area is 292 Å². The van der Waals surface area contributed by atoms with Crippen molar-refractivity contribution in [2.45, 2.75) is 124 Å². The molecule has 1 heterocycles. The Morgan fingerprint density at radius 1 is 0.939 bits per heavy atom. The first kappa shape index (κ1) is 39.4. The van der Waals surface area contributed by atoms with Crippen LogP contribution in [-0.2, 0) is 36.8 Å². The molecule has 0 spiro atoms. The van der Waals surface area contributed by atoms with Crippen molar-refractivity contribution in [3.63, 3.8) is 0 Å². The molecular formula is C39H57N3O7. The molecular weight excluding hydrogens is 622 g/mol. The van der Waals surface area contributed by atoms with Crippen LogP contribution in [0.5, 0.6) is 5.75 Å². The number of amides is 3. The van der Waals surface area contributed by atoms with E-state index in [1.54, 1.807) is 25.7 Å². The van der Waals surface area contributed by atoms with Crippen LogP contribution in [0, 0.1) is 19.8 Å². The van der Waals surface area contributed by atoms with E-state index >= 15 is 0 Å². The lowest BCUT2D eigenvalue weighted by Crippen LogP contribution is -2.47. The number of carbonyl (C=O) groups is 4. The van der Waals surface area contributed by atoms with E-state index in [4.69, 9.17) is 14.2 Å². The summed E-state index contributed by atoms with van der Waals surface area (Å²) in [5.41, 5.74) is 2.93. The normalized spacial score (nSPS) is 15.6. The van der Waals surface area contributed by atoms with E-state index < -0.39 is 23.2 Å². The van der Waals surface area contributed by atoms with Gasteiger partial charge in [0.05, 0.1) is 13.0 Å². The molecule has 0 saturated carbocycles. The minimum atomic E-state index is -0.775. The monoisotopic (exact) mass is 679 g/mol. The minimum Gasteiger partial charge on any atom is -0.494 e. The Morgan fingerprint density at radius 2 is 1.63 bits per heavy atom. The second kappa shape index (κ2) is 18.1. The third-order valence-electron chi connectivity index (χ3n) is 8.36. The zero-order valence-corrected chi connectivity index (χ0v) is 30.8. The van der Waals surface area contributed by atoms with Crippen molar-refractivity contribution >= 4 is 23.9 Å². The van der Waals surface area contributed by atoms with Crippen molar-refractivity contribution < 1.29 is 33.4 Å². The highest BCUT2D eigenvalue weighted by Crippen LogP contribution is 2.25. The van der Waals surface area contributed by atoms with Gasteiger partial charge in [0.1, 0.15) is 23.0 Å². The first-order valence-corrected chi connectivity index (χ1v) is 17.5. The maximum absolute atomic E-state index is 13.5. The first-order valence-electron chi connectivity index (χ1n) is 17.5. The second-order valence-corrected chi connectivity index (χ2v) is 15.0. The molecule has 1 aliphatic rings. The minimum absolute atomic E-state index is 0.0653. The van der Waals surface area contributed by atoms with Crippen LogP contribution in [0.4, 0.5) is 4.79 Å². The number of nitrogens with zero attached hydrogens (tertiary/aromatic N) is 1. The van der Waals surface area contributed by atoms with E-state index in [0.29, 0.717) is 38.5 Å². The number of benzene rings is 2. The summed E-state index contributed by atoms with van der Waals surface area (Å²) in [6.45, 7) is 17.1. The van der Waals surface area contributed by atoms with Gasteiger partial charge >= 0.3 is 12.1 Å². The maximum Gasteiger partial charge on any atom is 0.410 e. The van der Waals surface area contributed by atoms with Gasteiger partial charge in [-0.15, -0.1) is 0 Å². The van der Waals surface area contributed by atoms with Gasteiger partial charge in [-0.1, -0.05) is 30.3 Å². The van der Waals surface area contributed by atoms with Crippen molar-refractivity contribution in [3.05, 3.63) is 64.7 Å². The van der Waals surface area contributed by atoms with Crippen LogP contribution in [0.2, 0.25) is 0 Å². The van der Waals surface area contributed by atoms with Crippen molar-refractivity contribution in [1.82, 2.24) is 15.5 Å². The molecule has 10 nitrogen and oxygen atoms in total. The van der Waals surface area contributed by atoms with Crippen LogP contribution >= 0.6 is 0 Å². The highest BCUT2D eigenvalue weighted by molar-refractivity contribution is 5.88. The fourth-order valence-corrected chi connectivity index (χ4v) is 5.70. The number of carbonyl (C=O) groups excluding carboxylic acids is 4. The summed E-state index contributed by atoms with van der Waals surface area (Å²) < 4.78 is 17.1. The molecule has 2 aromatic carbocycles. The number of likely N-dealkylation sites (tertiary alicyclic amines) is 1. The van der Waals surface area contributed by atoms with Gasteiger partial charge in [-0.25, -0.2) is 4.79 Å². The summed E-state index contributed by atoms with van der Waals surface area (Å²) in [6, 6.07) is 13.0. The zero-order valence-electron chi connectivity index (χ0n) is 30.8. The van der Waals surface area contributed by atoms with Crippen molar-refractivity contribution in [2.24, 2.45) is 5.92 Å². The smallest absolute Gasteiger partial charge is 0.410 e. The molecule has 0 aromatic heterocycles. The standard InChI is InChI=1S/C39H57N3O7/c1-27-23-32(47-22-20-30-15-12-21-42(26-30)37(46)49-39(6,7)8)24-31(28(27)2)25-40-36(45)33(17-16-29-13-10-9-11-14-29)41-34(43)18-19-35(44)48-38(3,4)5/h9-11,13-14,23-24,30,33H,12,15-22,25-26H2,1-8H3,(H,40,45)(H,41,43). The van der Waals surface area contributed by atoms with Crippen molar-refractivity contribution in [1.29, 1.82) is 0 Å². The summed E-state index contributed by atoms with van der Waals surface area (Å²) in [5.74, 6) is -0.0743. The van der Waals surface area contributed by atoms with Gasteiger partial charge in [-0.2, -0.15) is 0 Å². The summed E-state index contributed by atoms with van der Waals surface area (Å²) in [5, 5.41) is 5.86. The molecule has 0 aliphatic carbocycles. The molecule has 10 heteroatoms. The quantitative estimate of drug-likeness (QED) is 0.217. The first-order chi connectivity index (χ1) is 23.0. The second-order valence-electron chi connectivity index (χ2n) is 15.0. The number of esters is 1. The number of ether oxygens (including phenoxy) is 3. The van der Waals surface area contributed by atoms with Gasteiger partial charge in [-0.3, -0.25) is 14.4 Å². The molecule has 2 aromatic rings. The lowest BCUT2D eigenvalue weighted by molar-refractivity contribution is -0.155. The van der Waals surface area contributed by atoms with E-state index in [0.717, 1.165) is 47.3 Å². The molecule has 0 radical (unpaired) electrons. The van der Waals surface area contributed by atoms with Crippen LogP contribution in [0.1, 0.15) is 102 Å². The molecule has 0 bridgehead atoms. The van der Waals surface area contributed by atoms with E-state index in [2.05, 4.69) is 10.6 Å². The van der Waals surface area contributed by atoms with Gasteiger partial charge < -0.3 is 29.7 Å². The van der Waals surface area contributed by atoms with Gasteiger partial charge in [0.2, 0.25) is 11.8 Å². The summed E-state index contributed by atoms with van der Waals surface area (Å²) in [7, 11) is 0. The molecule has 1 fully saturated rings. The molecule has 1 saturated heterocycles. The third kappa shape index (κ3) is 14.5. The number of hydrogen-bond acceptors (Lipinski definition) is 7. The van der Waals surface area contributed by atoms with Crippen LogP contribution in [0.25, 0.3) is 0 Å². The highest BCUT2D eigenvalue weighted by atomic mass is 16.6. The SMILES string of the molecule is Cc1cc(OCCC2CCCN(C(=O)OC(C)(C)C)C2)cc(CNC(=O)C(CCc2ccccc2)NC(=O)CCC(=O)OC(C)(C)C)c1C. The van der Waals surface area contributed by atoms with Crippen molar-refractivity contribution in [2.75, 3.05) is 19.7 Å². The number of aryl methyl sites for hydroxylation is 2. The van der Waals surface area contributed by atoms with Crippen LogP contribution < -0.4 is 15.4 Å². The molecule has 49 heavy (non-hydrogen) atoms. The predicted molar refractivity (Wildman–Crippen MR) is 190 cm³/mol. The Hall–Kier alpha value is -4.08. The maximum atomic E-state index is 13.5. The largest absolute Gasteiger partial charge is 0.494 e. The van der Waals surface area contributed by atoms with Gasteiger partial charge in [0.25, 0.3) is 0 Å². The van der Waals surface area contributed by atoms with E-state index in [1.165, 1.54) is 0 Å². The topological polar surface area (TPSA) is 123 Å². The molecule has 270 valence electrons. The van der Waals surface area contributed by atoms with Gasteiger partial charge in [0, 0.05) is 26.1 Å². The number of hydrogen-bond donors (Lipinski definition) is 2. The molecule has 2 unspecified atom stereocenters. The molecule has 2 atom stereocenters. The molecule has 2 N–H and O–H groups in total. The van der Waals surface area contributed by atoms with E-state index in [9.17, 15) is 19.2 Å². The fraction of sp³-hybridized carbons (Fsp3) is 0.590. The number of rotatable bonds is 14. The average Bonchev–Trinajstić information content (AvgIpc) is 3.02. The summed E-state index contributed by atoms with van der Waals surface area (Å²) in [4.78, 5) is 52.8. The van der Waals surface area contributed by atoms with Crippen LogP contribution in [0.15, 0.2) is 42.5 Å². The van der Waals surface area contributed by atoms with Crippen LogP contribution in [0.3, 0.4) is 0 Å². The van der Waals surface area contributed by atoms with Gasteiger partial charge in [0.15, 0.2) is 0 Å². The zero-order chi connectivity index (χ0) is 36.2. The lowest BCUT2D eigenvalue weighted by Gasteiger charge is -2.34. The summed E-state index contributed by atoms with van der Waals surface area (Å²) >= 11 is 0. The predicted octanol–water partition coefficient (Wildman–Crippen LogP) is 6.58. The lowest BCUT2D eigenvalue weighted by atomic mass is 9.95. The Bertz CT molecular complexity index is 1410. The molecule has 3 rings (SSSR count). The van der Waals surface area contributed by atoms with E-state index in [-0.39, 0.29) is 37.3 Å². The Morgan fingerprint density at radius 3 is 2.31 bits per heavy atom. The van der Waals surface area contributed by atoms with Gasteiger partial charge in [-0.05, 0) is 128 Å². The van der Waals surface area contributed by atoms with Crippen molar-refractivity contribution in [3.8, 4) is 5.75 Å². The molecule has 3 amide bonds. The number of nitrogens with one attached hydrogen (secondary N) is 2. The fourth-order valence-electron chi connectivity index (χ4n) is 5.70.